The third-order valence-electron chi connectivity index (χ3n) is 8.35. The van der Waals surface area contributed by atoms with Gasteiger partial charge >= 0.3 is 0 Å². The van der Waals surface area contributed by atoms with Crippen LogP contribution < -0.4 is 10.2 Å². The molecule has 0 saturated heterocycles. The van der Waals surface area contributed by atoms with Gasteiger partial charge in [0.2, 0.25) is 11.6 Å². The highest BCUT2D eigenvalue weighted by Crippen LogP contribution is 2.47. The molecular formula is C33H43N6O+. The van der Waals surface area contributed by atoms with Gasteiger partial charge in [0, 0.05) is 65.5 Å². The molecule has 0 saturated carbocycles. The van der Waals surface area contributed by atoms with Crippen LogP contribution in [-0.4, -0.2) is 42.9 Å². The second-order valence-electron chi connectivity index (χ2n) is 11.8. The van der Waals surface area contributed by atoms with Crippen molar-refractivity contribution in [3.63, 3.8) is 0 Å². The summed E-state index contributed by atoms with van der Waals surface area (Å²) in [6.07, 6.45) is 10.9. The highest BCUT2D eigenvalue weighted by Gasteiger charge is 2.43. The predicted molar refractivity (Wildman–Crippen MR) is 164 cm³/mol. The Hall–Kier alpha value is -3.83. The molecule has 2 aromatic rings. The van der Waals surface area contributed by atoms with E-state index in [1.54, 1.807) is 0 Å². The molecule has 0 radical (unpaired) electrons. The molecule has 210 valence electrons. The molecule has 0 aliphatic carbocycles. The van der Waals surface area contributed by atoms with Crippen LogP contribution in [0.25, 0.3) is 10.4 Å². The van der Waals surface area contributed by atoms with E-state index in [4.69, 9.17) is 5.53 Å². The van der Waals surface area contributed by atoms with Gasteiger partial charge in [0.1, 0.15) is 7.05 Å². The topological polar surface area (TPSA) is 84.1 Å². The standard InChI is InChI=1S/C33H42N6O/c1-32(2)25-15-8-10-17-27(25)38(5)29(32)19-13-20-30-33(3,4)26-16-9-11-18-28(26)39(30)24-12-6-7-21-31(40)35-22-14-23-36-37-34/h8-11,13,15-20H,6-7,12,14,21-24H2,1-5H3/p+1. The Morgan fingerprint density at radius 2 is 1.73 bits per heavy atom. The number of unbranched alkanes of at least 4 members (excludes halogenated alkanes) is 2. The number of fused-ring (bicyclic) bond motifs is 2. The van der Waals surface area contributed by atoms with Crippen LogP contribution in [0.2, 0.25) is 0 Å². The van der Waals surface area contributed by atoms with Gasteiger partial charge in [0.25, 0.3) is 0 Å². The molecule has 0 bridgehead atoms. The summed E-state index contributed by atoms with van der Waals surface area (Å²) in [5.41, 5.74) is 16.0. The van der Waals surface area contributed by atoms with Crippen molar-refractivity contribution in [3.05, 3.63) is 94.0 Å². The van der Waals surface area contributed by atoms with Gasteiger partial charge < -0.3 is 10.2 Å². The molecule has 0 atom stereocenters. The zero-order chi connectivity index (χ0) is 28.8. The molecule has 40 heavy (non-hydrogen) atoms. The highest BCUT2D eigenvalue weighted by molar-refractivity contribution is 6.03. The third-order valence-corrected chi connectivity index (χ3v) is 8.35. The SMILES string of the molecule is C[N+]1=C(/C=C/C=C2N(CCCCCC(=O)NCCCN=[N+]=[N-])c3ccccc3C2(C)C)C(C)(C)c2ccccc21. The molecule has 7 heteroatoms. The zero-order valence-electron chi connectivity index (χ0n) is 24.7. The molecule has 0 fully saturated rings. The van der Waals surface area contributed by atoms with Gasteiger partial charge in [-0.3, -0.25) is 4.79 Å². The summed E-state index contributed by atoms with van der Waals surface area (Å²) in [5, 5.41) is 6.41. The molecule has 1 amide bonds. The number of para-hydroxylation sites is 2. The number of anilines is 1. The number of hydrogen-bond donors (Lipinski definition) is 1. The molecule has 7 nitrogen and oxygen atoms in total. The zero-order valence-corrected chi connectivity index (χ0v) is 24.7. The van der Waals surface area contributed by atoms with Crippen molar-refractivity contribution in [2.45, 2.75) is 70.6 Å². The van der Waals surface area contributed by atoms with Crippen molar-refractivity contribution in [2.75, 3.05) is 31.6 Å². The van der Waals surface area contributed by atoms with Gasteiger partial charge in [0.15, 0.2) is 5.71 Å². The van der Waals surface area contributed by atoms with Gasteiger partial charge in [-0.25, -0.2) is 0 Å². The summed E-state index contributed by atoms with van der Waals surface area (Å²) in [5.74, 6) is 0.0683. The molecular weight excluding hydrogens is 496 g/mol. The van der Waals surface area contributed by atoms with Crippen molar-refractivity contribution >= 4 is 23.0 Å². The molecule has 0 unspecified atom stereocenters. The third kappa shape index (κ3) is 6.00. The number of allylic oxidation sites excluding steroid dienone is 4. The van der Waals surface area contributed by atoms with Crippen molar-refractivity contribution in [1.82, 2.24) is 5.32 Å². The van der Waals surface area contributed by atoms with Crippen molar-refractivity contribution in [1.29, 1.82) is 0 Å². The lowest BCUT2D eigenvalue weighted by Gasteiger charge is -2.27. The Balaban J connectivity index is 1.42. The molecule has 0 aromatic heterocycles. The summed E-state index contributed by atoms with van der Waals surface area (Å²) in [6, 6.07) is 17.4. The average molecular weight is 540 g/mol. The number of azide groups is 1. The van der Waals surface area contributed by atoms with Crippen LogP contribution in [0.15, 0.2) is 77.6 Å². The Labute approximate surface area is 238 Å². The lowest BCUT2D eigenvalue weighted by atomic mass is 9.81. The van der Waals surface area contributed by atoms with E-state index < -0.39 is 0 Å². The van der Waals surface area contributed by atoms with Gasteiger partial charge in [0.05, 0.1) is 5.41 Å². The summed E-state index contributed by atoms with van der Waals surface area (Å²) in [7, 11) is 2.16. The fraction of sp³-hybridized carbons (Fsp3) is 0.455. The maximum Gasteiger partial charge on any atom is 0.219 e. The molecule has 2 aliphatic heterocycles. The molecule has 2 aliphatic rings. The molecule has 1 N–H and O–H groups in total. The molecule has 2 aromatic carbocycles. The summed E-state index contributed by atoms with van der Waals surface area (Å²) >= 11 is 0. The Kier molecular flexibility index (Phi) is 9.16. The van der Waals surface area contributed by atoms with Crippen molar-refractivity contribution in [3.8, 4) is 0 Å². The fourth-order valence-corrected chi connectivity index (χ4v) is 6.16. The predicted octanol–water partition coefficient (Wildman–Crippen LogP) is 7.31. The first-order valence-corrected chi connectivity index (χ1v) is 14.4. The first-order valence-electron chi connectivity index (χ1n) is 14.4. The number of amides is 1. The summed E-state index contributed by atoms with van der Waals surface area (Å²) < 4.78 is 2.31. The second-order valence-corrected chi connectivity index (χ2v) is 11.8. The highest BCUT2D eigenvalue weighted by atomic mass is 16.1. The number of nitrogens with one attached hydrogen (secondary N) is 1. The summed E-state index contributed by atoms with van der Waals surface area (Å²) in [4.78, 5) is 17.3. The minimum Gasteiger partial charge on any atom is -0.356 e. The normalized spacial score (nSPS) is 17.7. The van der Waals surface area contributed by atoms with Crippen molar-refractivity contribution < 1.29 is 9.37 Å². The maximum absolute atomic E-state index is 12.1. The molecule has 0 spiro atoms. The quantitative estimate of drug-likeness (QED) is 0.101. The van der Waals surface area contributed by atoms with Crippen LogP contribution in [0.4, 0.5) is 11.4 Å². The van der Waals surface area contributed by atoms with Gasteiger partial charge in [-0.1, -0.05) is 67.9 Å². The molecule has 4 rings (SSSR count). The first-order chi connectivity index (χ1) is 19.2. The van der Waals surface area contributed by atoms with Crippen LogP contribution in [-0.2, 0) is 15.6 Å². The minimum absolute atomic E-state index is 0.0505. The van der Waals surface area contributed by atoms with E-state index in [0.717, 1.165) is 25.8 Å². The number of nitrogens with zero attached hydrogens (tertiary/aromatic N) is 5. The van der Waals surface area contributed by atoms with E-state index in [1.165, 1.54) is 33.9 Å². The number of carbonyl (C=O) groups excluding carboxylic acids is 1. The van der Waals surface area contributed by atoms with Gasteiger partial charge in [-0.2, -0.15) is 4.58 Å². The van der Waals surface area contributed by atoms with E-state index >= 15 is 0 Å². The number of benzene rings is 2. The lowest BCUT2D eigenvalue weighted by molar-refractivity contribution is -0.401. The maximum atomic E-state index is 12.1. The largest absolute Gasteiger partial charge is 0.356 e. The fourth-order valence-electron chi connectivity index (χ4n) is 6.16. The lowest BCUT2D eigenvalue weighted by Crippen LogP contribution is -2.28. The first kappa shape index (κ1) is 29.2. The average Bonchev–Trinajstić information content (AvgIpc) is 3.27. The Bertz CT molecular complexity index is 1380. The van der Waals surface area contributed by atoms with Crippen LogP contribution in [0, 0.1) is 0 Å². The monoisotopic (exact) mass is 539 g/mol. The Morgan fingerprint density at radius 1 is 1.00 bits per heavy atom. The minimum atomic E-state index is -0.0961. The van der Waals surface area contributed by atoms with E-state index in [2.05, 4.69) is 126 Å². The van der Waals surface area contributed by atoms with Crippen molar-refractivity contribution in [2.24, 2.45) is 5.11 Å². The van der Waals surface area contributed by atoms with Crippen LogP contribution in [0.1, 0.15) is 70.9 Å². The van der Waals surface area contributed by atoms with Crippen LogP contribution >= 0.6 is 0 Å². The van der Waals surface area contributed by atoms with Crippen LogP contribution in [0.3, 0.4) is 0 Å². The number of hydrogen-bond acceptors (Lipinski definition) is 3. The van der Waals surface area contributed by atoms with E-state index in [0.29, 0.717) is 25.9 Å². The van der Waals surface area contributed by atoms with E-state index in [1.807, 2.05) is 0 Å². The number of carbonyl (C=O) groups is 1. The second kappa shape index (κ2) is 12.6. The molecule has 2 heterocycles. The number of rotatable bonds is 12. The van der Waals surface area contributed by atoms with Gasteiger partial charge in [-0.05, 0) is 56.3 Å². The summed E-state index contributed by atoms with van der Waals surface area (Å²) in [6.45, 7) is 11.1. The van der Waals surface area contributed by atoms with E-state index in [9.17, 15) is 4.79 Å². The van der Waals surface area contributed by atoms with E-state index in [-0.39, 0.29) is 16.7 Å². The smallest absolute Gasteiger partial charge is 0.219 e. The van der Waals surface area contributed by atoms with Gasteiger partial charge in [-0.15, -0.1) is 0 Å². The Morgan fingerprint density at radius 3 is 2.48 bits per heavy atom. The van der Waals surface area contributed by atoms with Crippen LogP contribution in [0.5, 0.6) is 0 Å².